The number of aliphatic hydroxyl groups excluding tert-OH is 10. The van der Waals surface area contributed by atoms with Gasteiger partial charge in [-0.2, -0.15) is 0 Å². The largest absolute Gasteiger partial charge is 0.394 e. The molecule has 4 saturated carbocycles. The van der Waals surface area contributed by atoms with Crippen LogP contribution in [0.4, 0.5) is 0 Å². The van der Waals surface area contributed by atoms with Crippen LogP contribution in [0.5, 0.6) is 0 Å². The average Bonchev–Trinajstić information content (AvgIpc) is 3.52. The van der Waals surface area contributed by atoms with Crippen LogP contribution in [0.2, 0.25) is 0 Å². The van der Waals surface area contributed by atoms with Gasteiger partial charge in [0.2, 0.25) is 0 Å². The number of fused-ring (bicyclic) bond motifs is 5. The molecule has 0 bridgehead atoms. The Morgan fingerprint density at radius 2 is 1.32 bits per heavy atom. The molecule has 0 radical (unpaired) electrons. The van der Waals surface area contributed by atoms with Crippen molar-refractivity contribution >= 4 is 0 Å². The smallest absolute Gasteiger partial charge is 0.187 e. The van der Waals surface area contributed by atoms with Crippen molar-refractivity contribution in [3.63, 3.8) is 0 Å². The molecule has 0 aromatic rings. The van der Waals surface area contributed by atoms with Gasteiger partial charge in [-0.3, -0.25) is 0 Å². The van der Waals surface area contributed by atoms with Gasteiger partial charge in [0.15, 0.2) is 12.6 Å². The minimum absolute atomic E-state index is 0.000258. The van der Waals surface area contributed by atoms with Crippen LogP contribution in [-0.4, -0.2) is 150 Å². The van der Waals surface area contributed by atoms with Crippen molar-refractivity contribution in [2.75, 3.05) is 13.2 Å². The Kier molecular flexibility index (Phi) is 12.7. The van der Waals surface area contributed by atoms with Crippen molar-refractivity contribution in [3.05, 3.63) is 11.6 Å². The molecule has 14 unspecified atom stereocenters. The summed E-state index contributed by atoms with van der Waals surface area (Å²) in [6.07, 6.45) is -9.52. The zero-order valence-electron chi connectivity index (χ0n) is 34.6. The molecule has 14 heteroatoms. The molecule has 0 spiro atoms. The molecule has 324 valence electrons. The lowest BCUT2D eigenvalue weighted by Crippen LogP contribution is -2.71. The quantitative estimate of drug-likeness (QED) is 0.110. The Morgan fingerprint density at radius 1 is 0.750 bits per heavy atom. The molecule has 56 heavy (non-hydrogen) atoms. The summed E-state index contributed by atoms with van der Waals surface area (Å²) in [5.41, 5.74) is -1.92. The molecule has 14 nitrogen and oxygen atoms in total. The zero-order chi connectivity index (χ0) is 41.5. The van der Waals surface area contributed by atoms with Gasteiger partial charge >= 0.3 is 0 Å². The molecule has 4 aliphatic carbocycles. The summed E-state index contributed by atoms with van der Waals surface area (Å²) in [5.74, 6) is -0.781. The number of rotatable bonds is 10. The van der Waals surface area contributed by atoms with Gasteiger partial charge in [0.1, 0.15) is 48.8 Å². The maximum Gasteiger partial charge on any atom is 0.187 e. The van der Waals surface area contributed by atoms with E-state index in [9.17, 15) is 51.1 Å². The molecule has 0 aromatic carbocycles. The van der Waals surface area contributed by atoms with Crippen LogP contribution in [0.25, 0.3) is 0 Å². The Hall–Kier alpha value is -0.820. The highest BCUT2D eigenvalue weighted by Crippen LogP contribution is 2.76. The Balaban J connectivity index is 1.39. The first-order valence-corrected chi connectivity index (χ1v) is 21.0. The maximum atomic E-state index is 12.6. The number of hydrogen-bond acceptors (Lipinski definition) is 14. The third kappa shape index (κ3) is 7.06. The molecule has 21 atom stereocenters. The van der Waals surface area contributed by atoms with Crippen LogP contribution in [-0.2, 0) is 18.9 Å². The van der Waals surface area contributed by atoms with Crippen LogP contribution >= 0.6 is 0 Å². The predicted molar refractivity (Wildman–Crippen MR) is 202 cm³/mol. The second-order valence-corrected chi connectivity index (χ2v) is 20.2. The van der Waals surface area contributed by atoms with E-state index in [0.717, 1.165) is 12.0 Å². The first-order chi connectivity index (χ1) is 26.0. The van der Waals surface area contributed by atoms with Gasteiger partial charge in [-0.15, -0.1) is 0 Å². The van der Waals surface area contributed by atoms with Crippen LogP contribution in [0.3, 0.4) is 0 Å². The first-order valence-electron chi connectivity index (χ1n) is 21.0. The standard InChI is InChI=1S/C42H72O14/c1-20(2)10-9-13-42(8,56-37-34(52)32(50)30(48)25(19-44)55-37)21-11-15-40(6)28(21)22(45)16-26-39(5)14-12-27(46)38(3,4)35(39)23(17-41(26,40)7)53-36-33(51)31(49)29(47)24(18-43)54-36/h10,21-37,43-52H,9,11-19H2,1-8H3/t21?,22-,23+,24?,25?,26?,27+,28?,29?,30?,31?,32?,33?,34?,35?,36?,37?,39-,40-,41-,42+/m1/s1. The lowest BCUT2D eigenvalue weighted by molar-refractivity contribution is -0.349. The summed E-state index contributed by atoms with van der Waals surface area (Å²) in [6.45, 7) is 15.7. The van der Waals surface area contributed by atoms with Crippen LogP contribution in [0.15, 0.2) is 11.6 Å². The van der Waals surface area contributed by atoms with Crippen LogP contribution in [0, 0.1) is 45.3 Å². The van der Waals surface area contributed by atoms with E-state index in [2.05, 4.69) is 26.8 Å². The van der Waals surface area contributed by atoms with Crippen molar-refractivity contribution in [2.24, 2.45) is 45.3 Å². The van der Waals surface area contributed by atoms with Crippen LogP contribution < -0.4 is 0 Å². The molecular weight excluding hydrogens is 728 g/mol. The van der Waals surface area contributed by atoms with E-state index < -0.39 is 120 Å². The van der Waals surface area contributed by atoms with Gasteiger partial charge in [-0.1, -0.05) is 46.3 Å². The fourth-order valence-electron chi connectivity index (χ4n) is 13.5. The van der Waals surface area contributed by atoms with E-state index in [-0.39, 0.29) is 23.7 Å². The topological polar surface area (TPSA) is 239 Å². The van der Waals surface area contributed by atoms with Crippen molar-refractivity contribution < 1.29 is 70.0 Å². The summed E-state index contributed by atoms with van der Waals surface area (Å²) in [6, 6.07) is 0. The maximum absolute atomic E-state index is 12.6. The van der Waals surface area contributed by atoms with Crippen molar-refractivity contribution in [3.8, 4) is 0 Å². The van der Waals surface area contributed by atoms with E-state index in [4.69, 9.17) is 18.9 Å². The highest BCUT2D eigenvalue weighted by molar-refractivity contribution is 5.22. The highest BCUT2D eigenvalue weighted by Gasteiger charge is 2.74. The molecule has 6 fully saturated rings. The number of allylic oxidation sites excluding steroid dienone is 2. The Morgan fingerprint density at radius 3 is 1.89 bits per heavy atom. The van der Waals surface area contributed by atoms with E-state index in [1.54, 1.807) is 0 Å². The number of hydrogen-bond donors (Lipinski definition) is 10. The summed E-state index contributed by atoms with van der Waals surface area (Å²) in [5, 5.41) is 109. The molecule has 0 aromatic heterocycles. The SMILES string of the molecule is CC(C)=CCC[C@](C)(OC1OC(CO)C(O)C(O)C1O)C1CC[C@]2(C)C1[C@H](O)CC1[C@@]3(C)CC[C@H](O)C(C)(C)C3[C@@H](OC3OC(CO)C(O)C(O)C3O)C[C@]12C. The predicted octanol–water partition coefficient (Wildman–Crippen LogP) is 1.12. The molecule has 6 aliphatic rings. The Bertz CT molecular complexity index is 1400. The lowest BCUT2D eigenvalue weighted by Gasteiger charge is -2.72. The molecule has 2 aliphatic heterocycles. The third-order valence-electron chi connectivity index (χ3n) is 16.6. The van der Waals surface area contributed by atoms with E-state index >= 15 is 0 Å². The first kappa shape index (κ1) is 44.7. The minimum Gasteiger partial charge on any atom is -0.394 e. The van der Waals surface area contributed by atoms with Gasteiger partial charge in [0, 0.05) is 0 Å². The van der Waals surface area contributed by atoms with Gasteiger partial charge in [0.25, 0.3) is 0 Å². The average molecular weight is 801 g/mol. The van der Waals surface area contributed by atoms with E-state index in [1.807, 2.05) is 34.6 Å². The summed E-state index contributed by atoms with van der Waals surface area (Å²) in [4.78, 5) is 0. The van der Waals surface area contributed by atoms with Gasteiger partial charge in [0.05, 0.1) is 37.1 Å². The van der Waals surface area contributed by atoms with E-state index in [0.29, 0.717) is 44.9 Å². The second-order valence-electron chi connectivity index (χ2n) is 20.2. The molecule has 10 N–H and O–H groups in total. The van der Waals surface area contributed by atoms with Crippen molar-refractivity contribution in [1.82, 2.24) is 0 Å². The third-order valence-corrected chi connectivity index (χ3v) is 16.6. The molecule has 0 amide bonds. The molecule has 2 heterocycles. The van der Waals surface area contributed by atoms with Gasteiger partial charge in [-0.25, -0.2) is 0 Å². The fourth-order valence-corrected chi connectivity index (χ4v) is 13.5. The normalized spacial score (nSPS) is 52.6. The summed E-state index contributed by atoms with van der Waals surface area (Å²) < 4.78 is 25.4. The number of ether oxygens (including phenoxy) is 4. The van der Waals surface area contributed by atoms with Crippen molar-refractivity contribution in [2.45, 2.75) is 192 Å². The molecule has 2 saturated heterocycles. The number of aliphatic hydroxyl groups is 10. The monoisotopic (exact) mass is 800 g/mol. The fraction of sp³-hybridized carbons (Fsp3) is 0.952. The molecular formula is C42H72O14. The highest BCUT2D eigenvalue weighted by atomic mass is 16.7. The van der Waals surface area contributed by atoms with E-state index in [1.165, 1.54) is 0 Å². The zero-order valence-corrected chi connectivity index (χ0v) is 34.6. The van der Waals surface area contributed by atoms with Gasteiger partial charge in [-0.05, 0) is 117 Å². The van der Waals surface area contributed by atoms with Crippen LogP contribution in [0.1, 0.15) is 107 Å². The Labute approximate surface area is 331 Å². The van der Waals surface area contributed by atoms with Gasteiger partial charge < -0.3 is 70.0 Å². The minimum atomic E-state index is -1.61. The summed E-state index contributed by atoms with van der Waals surface area (Å²) >= 11 is 0. The summed E-state index contributed by atoms with van der Waals surface area (Å²) in [7, 11) is 0. The second kappa shape index (κ2) is 15.9. The van der Waals surface area contributed by atoms with Crippen molar-refractivity contribution in [1.29, 1.82) is 0 Å². The molecule has 6 rings (SSSR count). The lowest BCUT2D eigenvalue weighted by atomic mass is 9.34.